The lowest BCUT2D eigenvalue weighted by Crippen LogP contribution is -2.44. The smallest absolute Gasteiger partial charge is 0.305 e. The van der Waals surface area contributed by atoms with Crippen molar-refractivity contribution in [3.63, 3.8) is 0 Å². The third-order valence-electron chi connectivity index (χ3n) is 13.0. The van der Waals surface area contributed by atoms with Crippen molar-refractivity contribution in [3.05, 3.63) is 12.7 Å². The lowest BCUT2D eigenvalue weighted by Gasteiger charge is -2.36. The molecule has 66 heavy (non-hydrogen) atoms. The highest BCUT2D eigenvalue weighted by Crippen LogP contribution is 2.26. The van der Waals surface area contributed by atoms with Gasteiger partial charge in [-0.2, -0.15) is 0 Å². The van der Waals surface area contributed by atoms with Gasteiger partial charge in [-0.25, -0.2) is 0 Å². The van der Waals surface area contributed by atoms with E-state index in [1.54, 1.807) is 0 Å². The van der Waals surface area contributed by atoms with Crippen molar-refractivity contribution >= 4 is 29.3 Å². The van der Waals surface area contributed by atoms with Gasteiger partial charge in [0.05, 0.1) is 33.1 Å². The molecule has 0 aliphatic heterocycles. The number of hydrogen-bond donors (Lipinski definition) is 0. The van der Waals surface area contributed by atoms with Crippen LogP contribution in [0.3, 0.4) is 0 Å². The van der Waals surface area contributed by atoms with E-state index >= 15 is 0 Å². The SMILES string of the molecule is C=CC(=O)CCCCCCCCCCCCC.CCCCCCCCCCCCCC(=O)OCC(CC)(COC(=O)CCCCCCCCCCCCC)CN(C)CCC[N+](C)(C)C.CCl. The molecule has 0 amide bonds. The Morgan fingerprint density at radius 2 is 0.773 bits per heavy atom. The van der Waals surface area contributed by atoms with Gasteiger partial charge in [0.25, 0.3) is 0 Å². The molecular weight excluding hydrogens is 840 g/mol. The van der Waals surface area contributed by atoms with E-state index in [1.807, 2.05) is 0 Å². The van der Waals surface area contributed by atoms with Crippen LogP contribution in [-0.2, 0) is 23.9 Å². The zero-order valence-electron chi connectivity index (χ0n) is 46.0. The summed E-state index contributed by atoms with van der Waals surface area (Å²) in [6, 6.07) is 0. The third-order valence-corrected chi connectivity index (χ3v) is 13.0. The van der Waals surface area contributed by atoms with E-state index in [1.165, 1.54) is 192 Å². The summed E-state index contributed by atoms with van der Waals surface area (Å²) in [5.74, 6) is -0.0293. The highest BCUT2D eigenvalue weighted by atomic mass is 35.5. The predicted octanol–water partition coefficient (Wildman–Crippen LogP) is 17.2. The Balaban J connectivity index is -0.00000174. The fourth-order valence-corrected chi connectivity index (χ4v) is 8.46. The van der Waals surface area contributed by atoms with Gasteiger partial charge < -0.3 is 18.9 Å². The van der Waals surface area contributed by atoms with E-state index in [0.29, 0.717) is 32.5 Å². The largest absolute Gasteiger partial charge is 0.465 e. The van der Waals surface area contributed by atoms with E-state index in [4.69, 9.17) is 9.47 Å². The van der Waals surface area contributed by atoms with Crippen LogP contribution < -0.4 is 0 Å². The molecule has 0 aromatic rings. The van der Waals surface area contributed by atoms with Crippen molar-refractivity contribution < 1.29 is 28.3 Å². The Bertz CT molecular complexity index is 1010. The third kappa shape index (κ3) is 53.5. The predicted molar refractivity (Wildman–Crippen MR) is 290 cm³/mol. The van der Waals surface area contributed by atoms with Gasteiger partial charge in [-0.3, -0.25) is 14.4 Å². The molecule has 7 nitrogen and oxygen atoms in total. The van der Waals surface area contributed by atoms with Crippen LogP contribution in [0.2, 0.25) is 0 Å². The van der Waals surface area contributed by atoms with Crippen LogP contribution in [0.4, 0.5) is 0 Å². The lowest BCUT2D eigenvalue weighted by molar-refractivity contribution is -0.870. The Kier molecular flexibility index (Phi) is 55.2. The zero-order chi connectivity index (χ0) is 49.8. The van der Waals surface area contributed by atoms with Gasteiger partial charge in [0.1, 0.15) is 13.2 Å². The van der Waals surface area contributed by atoms with Crippen molar-refractivity contribution in [2.24, 2.45) is 5.41 Å². The van der Waals surface area contributed by atoms with Gasteiger partial charge in [0.2, 0.25) is 0 Å². The number of quaternary nitrogens is 1. The van der Waals surface area contributed by atoms with Gasteiger partial charge in [-0.15, -0.1) is 11.6 Å². The molecule has 0 N–H and O–H groups in total. The van der Waals surface area contributed by atoms with Gasteiger partial charge in [0.15, 0.2) is 5.78 Å². The minimum atomic E-state index is -0.384. The summed E-state index contributed by atoms with van der Waals surface area (Å²) in [5.41, 5.74) is -0.384. The number of allylic oxidation sites excluding steroid dienone is 1. The number of hydrogen-bond acceptors (Lipinski definition) is 6. The van der Waals surface area contributed by atoms with Gasteiger partial charge >= 0.3 is 11.9 Å². The Morgan fingerprint density at radius 1 is 0.485 bits per heavy atom. The van der Waals surface area contributed by atoms with Crippen LogP contribution in [0.1, 0.15) is 272 Å². The van der Waals surface area contributed by atoms with E-state index in [-0.39, 0.29) is 23.1 Å². The topological polar surface area (TPSA) is 72.9 Å². The highest BCUT2D eigenvalue weighted by Gasteiger charge is 2.33. The molecule has 0 bridgehead atoms. The maximum Gasteiger partial charge on any atom is 0.305 e. The summed E-state index contributed by atoms with van der Waals surface area (Å²) >= 11 is 4.64. The van der Waals surface area contributed by atoms with Gasteiger partial charge in [0, 0.05) is 45.2 Å². The second-order valence-electron chi connectivity index (χ2n) is 20.8. The van der Waals surface area contributed by atoms with E-state index < -0.39 is 0 Å². The minimum absolute atomic E-state index is 0.112. The van der Waals surface area contributed by atoms with Crippen molar-refractivity contribution in [2.75, 3.05) is 67.4 Å². The van der Waals surface area contributed by atoms with Crippen molar-refractivity contribution in [2.45, 2.75) is 272 Å². The van der Waals surface area contributed by atoms with Crippen LogP contribution >= 0.6 is 11.6 Å². The van der Waals surface area contributed by atoms with Crippen LogP contribution in [0, 0.1) is 5.41 Å². The first-order chi connectivity index (χ1) is 31.9. The molecule has 8 heteroatoms. The van der Waals surface area contributed by atoms with E-state index in [0.717, 1.165) is 69.1 Å². The summed E-state index contributed by atoms with van der Waals surface area (Å²) in [6.45, 7) is 15.9. The number of carbonyl (C=O) groups excluding carboxylic acids is 3. The summed E-state index contributed by atoms with van der Waals surface area (Å²) < 4.78 is 12.7. The number of rotatable bonds is 48. The van der Waals surface area contributed by atoms with Crippen molar-refractivity contribution in [1.29, 1.82) is 0 Å². The molecule has 0 saturated carbocycles. The fourth-order valence-electron chi connectivity index (χ4n) is 8.46. The molecule has 0 radical (unpaired) electrons. The molecule has 0 aromatic carbocycles. The number of carbonyl (C=O) groups is 3. The molecule has 0 aliphatic rings. The first-order valence-corrected chi connectivity index (χ1v) is 29.0. The van der Waals surface area contributed by atoms with E-state index in [2.05, 4.69) is 79.0 Å². The summed E-state index contributed by atoms with van der Waals surface area (Å²) in [6.07, 6.45) is 49.0. The summed E-state index contributed by atoms with van der Waals surface area (Å²) in [7, 11) is 8.81. The van der Waals surface area contributed by atoms with Gasteiger partial charge in [-0.1, -0.05) is 227 Å². The number of ether oxygens (including phenoxy) is 2. The summed E-state index contributed by atoms with van der Waals surface area (Å²) in [4.78, 5) is 38.8. The maximum absolute atomic E-state index is 12.8. The lowest BCUT2D eigenvalue weighted by atomic mass is 9.86. The molecule has 0 rings (SSSR count). The molecule has 0 spiro atoms. The Labute approximate surface area is 418 Å². The molecule has 394 valence electrons. The Hall–Kier alpha value is -1.44. The van der Waals surface area contributed by atoms with Crippen LogP contribution in [0.15, 0.2) is 12.7 Å². The first-order valence-electron chi connectivity index (χ1n) is 28.2. The quantitative estimate of drug-likeness (QED) is 0.0199. The average molecular weight is 957 g/mol. The van der Waals surface area contributed by atoms with E-state index in [9.17, 15) is 14.4 Å². The molecule has 0 aromatic heterocycles. The van der Waals surface area contributed by atoms with Crippen LogP contribution in [0.5, 0.6) is 0 Å². The molecule has 0 unspecified atom stereocenters. The van der Waals surface area contributed by atoms with Crippen molar-refractivity contribution in [1.82, 2.24) is 4.90 Å². The maximum atomic E-state index is 12.8. The number of unbranched alkanes of at least 4 members (excludes halogenated alkanes) is 30. The van der Waals surface area contributed by atoms with Crippen LogP contribution in [0.25, 0.3) is 0 Å². The standard InChI is InChI=1S/C41H83N2O4.C16H30O.CH3Cl/c1-8-11-13-15-17-19-21-23-25-27-29-32-39(44)46-37-41(10-3,36-42(4)34-31-35-43(5,6)7)38-47-40(45)33-30-28-26-24-22-20-18-16-14-12-9-2;1-3-5-6-7-8-9-10-11-12-13-14-15-16(17)4-2;1-2/h8-38H2,1-7H3;4H,2-3,5-15H2,1H3;1H3/q+1;;. The monoisotopic (exact) mass is 956 g/mol. The van der Waals surface area contributed by atoms with Gasteiger partial charge in [-0.05, 0) is 38.8 Å². The molecule has 0 aliphatic carbocycles. The molecule has 0 atom stereocenters. The van der Waals surface area contributed by atoms with Crippen LogP contribution in [-0.4, -0.2) is 94.5 Å². The summed E-state index contributed by atoms with van der Waals surface area (Å²) in [5, 5.41) is 0. The number of alkyl halides is 1. The zero-order valence-corrected chi connectivity index (χ0v) is 46.8. The second-order valence-corrected chi connectivity index (χ2v) is 20.8. The number of nitrogens with zero attached hydrogens (tertiary/aromatic N) is 2. The fraction of sp³-hybridized carbons (Fsp3) is 0.914. The molecule has 0 fully saturated rings. The normalized spacial score (nSPS) is 11.4. The minimum Gasteiger partial charge on any atom is -0.465 e. The van der Waals surface area contributed by atoms with Crippen molar-refractivity contribution in [3.8, 4) is 0 Å². The molecule has 0 heterocycles. The molecule has 0 saturated heterocycles. The Morgan fingerprint density at radius 3 is 1.05 bits per heavy atom. The number of ketones is 1. The highest BCUT2D eigenvalue weighted by molar-refractivity contribution is 6.15. The second kappa shape index (κ2) is 52.9. The number of halogens is 1. The average Bonchev–Trinajstić information content (AvgIpc) is 3.30. The number of esters is 2. The molecular formula is C58H116ClN2O5+. The first kappa shape index (κ1) is 68.8.